The fraction of sp³-hybridized carbons (Fsp3) is 0.154. The molecule has 1 aromatic heterocycles. The molecule has 0 saturated heterocycles. The first-order valence-corrected chi connectivity index (χ1v) is 5.56. The van der Waals surface area contributed by atoms with Crippen LogP contribution in [-0.4, -0.2) is 15.9 Å². The van der Waals surface area contributed by atoms with Crippen molar-refractivity contribution in [3.05, 3.63) is 54.1 Å². The number of nitrogens with two attached hydrogens (primary N) is 1. The van der Waals surface area contributed by atoms with Crippen LogP contribution in [0.25, 0.3) is 0 Å². The van der Waals surface area contributed by atoms with Crippen LogP contribution in [0.1, 0.15) is 17.3 Å². The predicted octanol–water partition coefficient (Wildman–Crippen LogP) is 1.42. The van der Waals surface area contributed by atoms with Crippen molar-refractivity contribution in [1.82, 2.24) is 9.97 Å². The van der Waals surface area contributed by atoms with E-state index in [0.717, 1.165) is 5.56 Å². The Bertz CT molecular complexity index is 542. The molecule has 0 aliphatic rings. The number of nitrogens with zero attached hydrogens (tertiary/aromatic N) is 2. The Hall–Kier alpha value is -2.27. The van der Waals surface area contributed by atoms with Crippen LogP contribution in [0.2, 0.25) is 0 Å². The molecule has 2 aromatic rings. The van der Waals surface area contributed by atoms with Crippen LogP contribution in [0.4, 0.5) is 5.69 Å². The normalized spacial score (nSPS) is 11.9. The third-order valence-corrected chi connectivity index (χ3v) is 2.61. The Balaban J connectivity index is 2.12. The third-order valence-electron chi connectivity index (χ3n) is 2.61. The lowest BCUT2D eigenvalue weighted by atomic mass is 10.1. The average molecular weight is 242 g/mol. The zero-order valence-electron chi connectivity index (χ0n) is 10.00. The van der Waals surface area contributed by atoms with E-state index in [0.29, 0.717) is 11.4 Å². The van der Waals surface area contributed by atoms with Crippen LogP contribution >= 0.6 is 0 Å². The molecule has 0 aliphatic carbocycles. The van der Waals surface area contributed by atoms with Crippen LogP contribution in [0.15, 0.2) is 42.9 Å². The molecular weight excluding hydrogens is 228 g/mol. The van der Waals surface area contributed by atoms with Gasteiger partial charge in [0.15, 0.2) is 0 Å². The van der Waals surface area contributed by atoms with E-state index in [-0.39, 0.29) is 5.91 Å². The highest BCUT2D eigenvalue weighted by molar-refractivity contribution is 5.95. The minimum absolute atomic E-state index is 0.279. The number of carbonyl (C=O) groups excluding carboxylic acids is 1. The molecular formula is C13H14N4O. The standard InChI is InChI=1S/C13H14N4O/c1-9-11(7-15-8-16-9)17-13(18)12(14)10-5-3-2-4-6-10/h2-8,12H,14H2,1H3,(H,17,18). The molecule has 0 radical (unpaired) electrons. The highest BCUT2D eigenvalue weighted by atomic mass is 16.2. The number of hydrogen-bond donors (Lipinski definition) is 2. The van der Waals surface area contributed by atoms with E-state index >= 15 is 0 Å². The molecule has 0 saturated carbocycles. The zero-order chi connectivity index (χ0) is 13.0. The summed E-state index contributed by atoms with van der Waals surface area (Å²) in [5.41, 5.74) is 7.94. The summed E-state index contributed by atoms with van der Waals surface area (Å²) >= 11 is 0. The zero-order valence-corrected chi connectivity index (χ0v) is 10.00. The Morgan fingerprint density at radius 1 is 1.33 bits per heavy atom. The molecule has 2 rings (SSSR count). The molecule has 0 spiro atoms. The lowest BCUT2D eigenvalue weighted by Crippen LogP contribution is -2.28. The summed E-state index contributed by atoms with van der Waals surface area (Å²) in [5.74, 6) is -0.279. The fourth-order valence-corrected chi connectivity index (χ4v) is 1.54. The first-order chi connectivity index (χ1) is 8.68. The van der Waals surface area contributed by atoms with Gasteiger partial charge in [0, 0.05) is 0 Å². The van der Waals surface area contributed by atoms with E-state index in [1.165, 1.54) is 6.33 Å². The summed E-state index contributed by atoms with van der Waals surface area (Å²) in [5, 5.41) is 2.72. The molecule has 1 amide bonds. The maximum absolute atomic E-state index is 12.0. The number of aromatic nitrogens is 2. The van der Waals surface area contributed by atoms with Crippen molar-refractivity contribution in [2.45, 2.75) is 13.0 Å². The Labute approximate surface area is 105 Å². The molecule has 18 heavy (non-hydrogen) atoms. The first-order valence-electron chi connectivity index (χ1n) is 5.56. The van der Waals surface area contributed by atoms with Crippen LogP contribution in [0.3, 0.4) is 0 Å². The largest absolute Gasteiger partial charge is 0.322 e. The second kappa shape index (κ2) is 5.37. The highest BCUT2D eigenvalue weighted by Gasteiger charge is 2.16. The van der Waals surface area contributed by atoms with Gasteiger partial charge in [-0.25, -0.2) is 9.97 Å². The number of carbonyl (C=O) groups is 1. The summed E-state index contributed by atoms with van der Waals surface area (Å²) in [4.78, 5) is 19.8. The number of benzene rings is 1. The Morgan fingerprint density at radius 2 is 2.06 bits per heavy atom. The summed E-state index contributed by atoms with van der Waals surface area (Å²) in [6, 6.07) is 8.50. The third kappa shape index (κ3) is 2.70. The van der Waals surface area contributed by atoms with Gasteiger partial charge in [0.2, 0.25) is 5.91 Å². The Kier molecular flexibility index (Phi) is 3.64. The lowest BCUT2D eigenvalue weighted by molar-refractivity contribution is -0.117. The van der Waals surface area contributed by atoms with Crippen molar-refractivity contribution < 1.29 is 4.79 Å². The molecule has 0 fully saturated rings. The first kappa shape index (κ1) is 12.2. The summed E-state index contributed by atoms with van der Waals surface area (Å²) < 4.78 is 0. The molecule has 5 nitrogen and oxygen atoms in total. The van der Waals surface area contributed by atoms with E-state index in [2.05, 4.69) is 15.3 Å². The minimum Gasteiger partial charge on any atom is -0.322 e. The maximum Gasteiger partial charge on any atom is 0.245 e. The molecule has 1 unspecified atom stereocenters. The van der Waals surface area contributed by atoms with E-state index < -0.39 is 6.04 Å². The topological polar surface area (TPSA) is 80.9 Å². The molecule has 5 heteroatoms. The summed E-state index contributed by atoms with van der Waals surface area (Å²) in [7, 11) is 0. The van der Waals surface area contributed by atoms with Gasteiger partial charge in [-0.05, 0) is 12.5 Å². The minimum atomic E-state index is -0.703. The highest BCUT2D eigenvalue weighted by Crippen LogP contribution is 2.14. The molecule has 0 bridgehead atoms. The van der Waals surface area contributed by atoms with E-state index in [1.807, 2.05) is 30.3 Å². The van der Waals surface area contributed by atoms with Gasteiger partial charge < -0.3 is 11.1 Å². The second-order valence-corrected chi connectivity index (χ2v) is 3.90. The van der Waals surface area contributed by atoms with Gasteiger partial charge >= 0.3 is 0 Å². The molecule has 92 valence electrons. The molecule has 1 atom stereocenters. The van der Waals surface area contributed by atoms with Crippen molar-refractivity contribution in [2.24, 2.45) is 5.73 Å². The molecule has 1 heterocycles. The lowest BCUT2D eigenvalue weighted by Gasteiger charge is -2.13. The van der Waals surface area contributed by atoms with E-state index in [4.69, 9.17) is 5.73 Å². The van der Waals surface area contributed by atoms with Gasteiger partial charge in [0.05, 0.1) is 17.6 Å². The van der Waals surface area contributed by atoms with Gasteiger partial charge in [-0.3, -0.25) is 4.79 Å². The smallest absolute Gasteiger partial charge is 0.245 e. The van der Waals surface area contributed by atoms with Gasteiger partial charge in [-0.1, -0.05) is 30.3 Å². The number of hydrogen-bond acceptors (Lipinski definition) is 4. The molecule has 3 N–H and O–H groups in total. The van der Waals surface area contributed by atoms with Crippen LogP contribution in [-0.2, 0) is 4.79 Å². The number of aryl methyl sites for hydroxylation is 1. The van der Waals surface area contributed by atoms with Crippen LogP contribution in [0, 0.1) is 6.92 Å². The van der Waals surface area contributed by atoms with Gasteiger partial charge in [-0.2, -0.15) is 0 Å². The second-order valence-electron chi connectivity index (χ2n) is 3.90. The van der Waals surface area contributed by atoms with Crippen LogP contribution < -0.4 is 11.1 Å². The van der Waals surface area contributed by atoms with Gasteiger partial charge in [0.25, 0.3) is 0 Å². The van der Waals surface area contributed by atoms with Gasteiger partial charge in [-0.15, -0.1) is 0 Å². The van der Waals surface area contributed by atoms with Crippen molar-refractivity contribution in [3.63, 3.8) is 0 Å². The average Bonchev–Trinajstić information content (AvgIpc) is 2.41. The fourth-order valence-electron chi connectivity index (χ4n) is 1.54. The summed E-state index contributed by atoms with van der Waals surface area (Å²) in [6.45, 7) is 1.80. The summed E-state index contributed by atoms with van der Waals surface area (Å²) in [6.07, 6.45) is 2.99. The number of rotatable bonds is 3. The molecule has 0 aliphatic heterocycles. The van der Waals surface area contributed by atoms with Crippen molar-refractivity contribution in [1.29, 1.82) is 0 Å². The van der Waals surface area contributed by atoms with Crippen molar-refractivity contribution in [2.75, 3.05) is 5.32 Å². The van der Waals surface area contributed by atoms with Crippen molar-refractivity contribution >= 4 is 11.6 Å². The van der Waals surface area contributed by atoms with E-state index in [1.54, 1.807) is 13.1 Å². The quantitative estimate of drug-likeness (QED) is 0.853. The Morgan fingerprint density at radius 3 is 2.72 bits per heavy atom. The molecule has 1 aromatic carbocycles. The monoisotopic (exact) mass is 242 g/mol. The number of anilines is 1. The van der Waals surface area contributed by atoms with Gasteiger partial charge in [0.1, 0.15) is 12.4 Å². The predicted molar refractivity (Wildman–Crippen MR) is 68.8 cm³/mol. The SMILES string of the molecule is Cc1ncncc1NC(=O)C(N)c1ccccc1. The maximum atomic E-state index is 12.0. The van der Waals surface area contributed by atoms with Crippen molar-refractivity contribution in [3.8, 4) is 0 Å². The number of amides is 1. The van der Waals surface area contributed by atoms with E-state index in [9.17, 15) is 4.79 Å². The number of nitrogens with one attached hydrogen (secondary N) is 1. The van der Waals surface area contributed by atoms with Crippen LogP contribution in [0.5, 0.6) is 0 Å².